The van der Waals surface area contributed by atoms with Crippen molar-refractivity contribution < 1.29 is 19.4 Å². The zero-order chi connectivity index (χ0) is 16.0. The van der Waals surface area contributed by atoms with E-state index in [0.717, 1.165) is 11.1 Å². The zero-order valence-electron chi connectivity index (χ0n) is 13.4. The van der Waals surface area contributed by atoms with Gasteiger partial charge < -0.3 is 19.5 Å². The van der Waals surface area contributed by atoms with Gasteiger partial charge in [-0.3, -0.25) is 4.79 Å². The minimum atomic E-state index is -0.672. The lowest BCUT2D eigenvalue weighted by Gasteiger charge is -2.24. The normalized spacial score (nSPS) is 13.9. The van der Waals surface area contributed by atoms with E-state index < -0.39 is 6.10 Å². The van der Waals surface area contributed by atoms with Crippen LogP contribution in [0.3, 0.4) is 0 Å². The number of hydrogen-bond acceptors (Lipinski definition) is 5. The Balaban J connectivity index is 2.70. The molecular weight excluding hydrogens is 270 g/mol. The fourth-order valence-corrected chi connectivity index (χ4v) is 2.33. The Hall–Kier alpha value is -1.59. The molecule has 1 aromatic rings. The summed E-state index contributed by atoms with van der Waals surface area (Å²) < 4.78 is 9.99. The number of aryl methyl sites for hydroxylation is 1. The first-order valence-electron chi connectivity index (χ1n) is 6.98. The maximum absolute atomic E-state index is 11.4. The van der Waals surface area contributed by atoms with Crippen LogP contribution in [0.25, 0.3) is 0 Å². The number of ether oxygens (including phenoxy) is 2. The molecule has 0 aliphatic carbocycles. The minimum absolute atomic E-state index is 0.230. The number of hydrogen-bond donors (Lipinski definition) is 1. The molecule has 0 heterocycles. The third-order valence-corrected chi connectivity index (χ3v) is 3.42. The highest BCUT2D eigenvalue weighted by Gasteiger charge is 2.19. The van der Waals surface area contributed by atoms with E-state index >= 15 is 0 Å². The molecule has 0 saturated carbocycles. The Morgan fingerprint density at radius 2 is 2.00 bits per heavy atom. The first kappa shape index (κ1) is 17.5. The van der Waals surface area contributed by atoms with Crippen molar-refractivity contribution in [2.24, 2.45) is 5.92 Å². The van der Waals surface area contributed by atoms with Gasteiger partial charge in [-0.25, -0.2) is 0 Å². The number of carbonyl (C=O) groups excluding carboxylic acids is 1. The van der Waals surface area contributed by atoms with Gasteiger partial charge in [-0.1, -0.05) is 18.6 Å². The number of methoxy groups -OCH3 is 2. The average molecular weight is 295 g/mol. The number of aliphatic hydroxyl groups excluding tert-OH is 1. The van der Waals surface area contributed by atoms with E-state index in [1.165, 1.54) is 7.11 Å². The fraction of sp³-hybridized carbons (Fsp3) is 0.562. The summed E-state index contributed by atoms with van der Waals surface area (Å²) in [7, 11) is 4.83. The Kier molecular flexibility index (Phi) is 6.65. The van der Waals surface area contributed by atoms with Crippen molar-refractivity contribution in [1.29, 1.82) is 0 Å². The molecule has 5 heteroatoms. The van der Waals surface area contributed by atoms with Crippen LogP contribution in [0, 0.1) is 12.8 Å². The molecule has 0 aliphatic heterocycles. The fourth-order valence-electron chi connectivity index (χ4n) is 2.33. The number of aliphatic hydroxyl groups is 1. The van der Waals surface area contributed by atoms with Crippen molar-refractivity contribution in [3.05, 3.63) is 29.3 Å². The summed E-state index contributed by atoms with van der Waals surface area (Å²) in [6.45, 7) is 4.72. The molecule has 1 aromatic carbocycles. The van der Waals surface area contributed by atoms with Crippen molar-refractivity contribution >= 4 is 5.97 Å². The quantitative estimate of drug-likeness (QED) is 0.777. The van der Waals surface area contributed by atoms with Crippen LogP contribution in [0.4, 0.5) is 0 Å². The molecule has 1 rings (SSSR count). The molecule has 0 spiro atoms. The number of carbonyl (C=O) groups is 1. The van der Waals surface area contributed by atoms with E-state index in [9.17, 15) is 9.90 Å². The van der Waals surface area contributed by atoms with Gasteiger partial charge in [0.1, 0.15) is 5.75 Å². The van der Waals surface area contributed by atoms with Crippen LogP contribution in [0.1, 0.15) is 24.2 Å². The molecule has 0 fully saturated rings. The molecule has 21 heavy (non-hydrogen) atoms. The highest BCUT2D eigenvalue weighted by molar-refractivity contribution is 5.72. The van der Waals surface area contributed by atoms with E-state index in [1.54, 1.807) is 7.11 Å². The van der Waals surface area contributed by atoms with Crippen LogP contribution < -0.4 is 4.74 Å². The molecule has 0 amide bonds. The van der Waals surface area contributed by atoms with E-state index in [0.29, 0.717) is 18.8 Å². The summed E-state index contributed by atoms with van der Waals surface area (Å²) >= 11 is 0. The van der Waals surface area contributed by atoms with Crippen LogP contribution in [0.15, 0.2) is 18.2 Å². The van der Waals surface area contributed by atoms with Gasteiger partial charge in [0.2, 0.25) is 0 Å². The standard InChI is InChI=1S/C16H25NO4/c1-11-6-7-15(20-4)13(8-11)14(18)10-17(3)9-12(2)16(19)21-5/h6-8,12,14,18H,9-10H2,1-5H3. The predicted molar refractivity (Wildman–Crippen MR) is 81.4 cm³/mol. The van der Waals surface area contributed by atoms with Crippen LogP contribution in [0.5, 0.6) is 5.75 Å². The van der Waals surface area contributed by atoms with Gasteiger partial charge >= 0.3 is 5.97 Å². The summed E-state index contributed by atoms with van der Waals surface area (Å²) in [5.41, 5.74) is 1.82. The van der Waals surface area contributed by atoms with E-state index in [-0.39, 0.29) is 11.9 Å². The molecule has 0 aliphatic rings. The largest absolute Gasteiger partial charge is 0.496 e. The summed E-state index contributed by atoms with van der Waals surface area (Å²) in [6, 6.07) is 5.71. The molecule has 0 aromatic heterocycles. The Morgan fingerprint density at radius 3 is 2.57 bits per heavy atom. The van der Waals surface area contributed by atoms with Crippen LogP contribution in [0.2, 0.25) is 0 Å². The van der Waals surface area contributed by atoms with Crippen molar-refractivity contribution in [2.45, 2.75) is 20.0 Å². The molecule has 2 unspecified atom stereocenters. The summed E-state index contributed by atoms with van der Waals surface area (Å²) in [5.74, 6) is 0.193. The minimum Gasteiger partial charge on any atom is -0.496 e. The van der Waals surface area contributed by atoms with Gasteiger partial charge in [-0.2, -0.15) is 0 Å². The Morgan fingerprint density at radius 1 is 1.33 bits per heavy atom. The van der Waals surface area contributed by atoms with Crippen LogP contribution in [-0.4, -0.2) is 50.3 Å². The smallest absolute Gasteiger partial charge is 0.309 e. The lowest BCUT2D eigenvalue weighted by molar-refractivity contribution is -0.145. The number of nitrogens with zero attached hydrogens (tertiary/aromatic N) is 1. The van der Waals surface area contributed by atoms with Crippen LogP contribution >= 0.6 is 0 Å². The highest BCUT2D eigenvalue weighted by atomic mass is 16.5. The molecule has 0 saturated heterocycles. The lowest BCUT2D eigenvalue weighted by atomic mass is 10.0. The number of rotatable bonds is 7. The van der Waals surface area contributed by atoms with Crippen molar-refractivity contribution in [2.75, 3.05) is 34.4 Å². The Labute approximate surface area is 126 Å². The summed E-state index contributed by atoms with van der Waals surface area (Å²) in [4.78, 5) is 13.3. The molecule has 0 bridgehead atoms. The maximum Gasteiger partial charge on any atom is 0.309 e. The lowest BCUT2D eigenvalue weighted by Crippen LogP contribution is -2.32. The number of likely N-dealkylation sites (N-methyl/N-ethyl adjacent to an activating group) is 1. The van der Waals surface area contributed by atoms with Crippen molar-refractivity contribution in [3.8, 4) is 5.75 Å². The number of esters is 1. The van der Waals surface area contributed by atoms with Crippen molar-refractivity contribution in [1.82, 2.24) is 4.90 Å². The second kappa shape index (κ2) is 8.00. The van der Waals surface area contributed by atoms with E-state index in [2.05, 4.69) is 0 Å². The van der Waals surface area contributed by atoms with Gasteiger partial charge in [0, 0.05) is 18.7 Å². The van der Waals surface area contributed by atoms with E-state index in [4.69, 9.17) is 9.47 Å². The molecule has 1 N–H and O–H groups in total. The van der Waals surface area contributed by atoms with Crippen molar-refractivity contribution in [3.63, 3.8) is 0 Å². The van der Waals surface area contributed by atoms with Gasteiger partial charge in [0.25, 0.3) is 0 Å². The molecule has 118 valence electrons. The summed E-state index contributed by atoms with van der Waals surface area (Å²) in [5, 5.41) is 10.4. The first-order chi connectivity index (χ1) is 9.88. The third-order valence-electron chi connectivity index (χ3n) is 3.42. The predicted octanol–water partition coefficient (Wildman–Crippen LogP) is 1.78. The number of benzene rings is 1. The van der Waals surface area contributed by atoms with Crippen LogP contribution in [-0.2, 0) is 9.53 Å². The molecule has 2 atom stereocenters. The zero-order valence-corrected chi connectivity index (χ0v) is 13.4. The molecular formula is C16H25NO4. The Bertz CT molecular complexity index is 475. The van der Waals surface area contributed by atoms with Gasteiger partial charge in [0.05, 0.1) is 26.2 Å². The monoisotopic (exact) mass is 295 g/mol. The third kappa shape index (κ3) is 5.02. The van der Waals surface area contributed by atoms with Gasteiger partial charge in [0.15, 0.2) is 0 Å². The first-order valence-corrected chi connectivity index (χ1v) is 6.98. The SMILES string of the molecule is COC(=O)C(C)CN(C)CC(O)c1cc(C)ccc1OC. The highest BCUT2D eigenvalue weighted by Crippen LogP contribution is 2.26. The topological polar surface area (TPSA) is 59.0 Å². The average Bonchev–Trinajstić information content (AvgIpc) is 2.45. The molecule has 5 nitrogen and oxygen atoms in total. The van der Waals surface area contributed by atoms with Gasteiger partial charge in [-0.15, -0.1) is 0 Å². The second-order valence-electron chi connectivity index (χ2n) is 5.41. The van der Waals surface area contributed by atoms with E-state index in [1.807, 2.05) is 44.0 Å². The maximum atomic E-state index is 11.4. The molecule has 0 radical (unpaired) electrons. The second-order valence-corrected chi connectivity index (χ2v) is 5.41. The summed E-state index contributed by atoms with van der Waals surface area (Å²) in [6.07, 6.45) is -0.672. The van der Waals surface area contributed by atoms with Gasteiger partial charge in [-0.05, 0) is 26.1 Å².